The van der Waals surface area contributed by atoms with Crippen LogP contribution in [0.5, 0.6) is 0 Å². The minimum absolute atomic E-state index is 0.0797. The van der Waals surface area contributed by atoms with Crippen molar-refractivity contribution in [1.29, 1.82) is 0 Å². The number of ether oxygens (including phenoxy) is 1. The van der Waals surface area contributed by atoms with Gasteiger partial charge in [-0.3, -0.25) is 0 Å². The van der Waals surface area contributed by atoms with Crippen LogP contribution in [0.1, 0.15) is 55.9 Å². The zero-order valence-corrected chi connectivity index (χ0v) is 21.6. The Bertz CT molecular complexity index is 1290. The van der Waals surface area contributed by atoms with Gasteiger partial charge >= 0.3 is 0 Å². The van der Waals surface area contributed by atoms with Gasteiger partial charge in [0.05, 0.1) is 0 Å². The van der Waals surface area contributed by atoms with E-state index >= 15 is 0 Å². The number of benzene rings is 4. The lowest BCUT2D eigenvalue weighted by Gasteiger charge is -2.47. The molecule has 1 aliphatic rings. The van der Waals surface area contributed by atoms with E-state index in [1.807, 2.05) is 0 Å². The predicted molar refractivity (Wildman–Crippen MR) is 150 cm³/mol. The molecule has 0 spiro atoms. The first-order chi connectivity index (χ1) is 17.5. The lowest BCUT2D eigenvalue weighted by molar-refractivity contribution is -0.0978. The Labute approximate surface area is 215 Å². The van der Waals surface area contributed by atoms with Gasteiger partial charge in [-0.25, -0.2) is 0 Å². The molecule has 0 aromatic heterocycles. The standard InChI is InChI=1S/C35H34O/c1-26-25-34(4,28(3)27(26)2)36-35(31-21-13-7-14-22-31,32-23-15-8-16-24-32)33(29-17-9-5-10-18-29)30-19-11-6-12-20-30/h5-25,33H,1-4H3. The highest BCUT2D eigenvalue weighted by atomic mass is 16.5. The summed E-state index contributed by atoms with van der Waals surface area (Å²) in [6.45, 7) is 8.82. The highest BCUT2D eigenvalue weighted by Gasteiger charge is 2.50. The minimum Gasteiger partial charge on any atom is -0.350 e. The molecule has 1 atom stereocenters. The average Bonchev–Trinajstić information content (AvgIpc) is 3.12. The predicted octanol–water partition coefficient (Wildman–Crippen LogP) is 8.83. The van der Waals surface area contributed by atoms with Crippen LogP contribution in [0.3, 0.4) is 0 Å². The molecule has 0 aliphatic heterocycles. The van der Waals surface area contributed by atoms with Crippen LogP contribution >= 0.6 is 0 Å². The number of hydrogen-bond donors (Lipinski definition) is 0. The molecule has 0 bridgehead atoms. The Balaban J connectivity index is 1.88. The topological polar surface area (TPSA) is 9.23 Å². The molecule has 1 aliphatic carbocycles. The van der Waals surface area contributed by atoms with Crippen molar-refractivity contribution in [1.82, 2.24) is 0 Å². The van der Waals surface area contributed by atoms with Crippen LogP contribution in [-0.4, -0.2) is 5.60 Å². The van der Waals surface area contributed by atoms with E-state index in [-0.39, 0.29) is 5.92 Å². The van der Waals surface area contributed by atoms with Gasteiger partial charge in [0.15, 0.2) is 0 Å². The van der Waals surface area contributed by atoms with Gasteiger partial charge in [0.1, 0.15) is 11.2 Å². The van der Waals surface area contributed by atoms with E-state index in [4.69, 9.17) is 4.74 Å². The normalized spacial score (nSPS) is 18.0. The second-order valence-electron chi connectivity index (χ2n) is 10.0. The molecule has 36 heavy (non-hydrogen) atoms. The summed E-state index contributed by atoms with van der Waals surface area (Å²) in [6.07, 6.45) is 2.30. The molecular formula is C35H34O. The van der Waals surface area contributed by atoms with Crippen molar-refractivity contribution in [3.05, 3.63) is 166 Å². The van der Waals surface area contributed by atoms with E-state index in [0.717, 1.165) is 11.1 Å². The van der Waals surface area contributed by atoms with Gasteiger partial charge in [-0.1, -0.05) is 121 Å². The van der Waals surface area contributed by atoms with Crippen molar-refractivity contribution >= 4 is 0 Å². The monoisotopic (exact) mass is 470 g/mol. The van der Waals surface area contributed by atoms with Crippen LogP contribution in [0.25, 0.3) is 0 Å². The van der Waals surface area contributed by atoms with Crippen molar-refractivity contribution in [2.45, 2.75) is 44.8 Å². The molecule has 0 N–H and O–H groups in total. The molecule has 0 fully saturated rings. The maximum atomic E-state index is 7.65. The number of hydrogen-bond acceptors (Lipinski definition) is 1. The summed E-state index contributed by atoms with van der Waals surface area (Å²) in [7, 11) is 0. The van der Waals surface area contributed by atoms with Gasteiger partial charge in [0, 0.05) is 5.92 Å². The third kappa shape index (κ3) is 4.14. The fourth-order valence-electron chi connectivity index (χ4n) is 5.74. The van der Waals surface area contributed by atoms with Crippen LogP contribution in [-0.2, 0) is 10.3 Å². The van der Waals surface area contributed by atoms with Crippen LogP contribution < -0.4 is 0 Å². The van der Waals surface area contributed by atoms with Gasteiger partial charge < -0.3 is 4.74 Å². The Morgan fingerprint density at radius 1 is 0.583 bits per heavy atom. The molecule has 0 saturated carbocycles. The maximum Gasteiger partial charge on any atom is 0.131 e. The molecule has 180 valence electrons. The largest absolute Gasteiger partial charge is 0.350 e. The van der Waals surface area contributed by atoms with Gasteiger partial charge in [0.2, 0.25) is 0 Å². The van der Waals surface area contributed by atoms with Gasteiger partial charge in [0.25, 0.3) is 0 Å². The van der Waals surface area contributed by atoms with Crippen molar-refractivity contribution in [2.75, 3.05) is 0 Å². The van der Waals surface area contributed by atoms with E-state index < -0.39 is 11.2 Å². The zero-order chi connectivity index (χ0) is 25.2. The van der Waals surface area contributed by atoms with Crippen LogP contribution in [0.4, 0.5) is 0 Å². The van der Waals surface area contributed by atoms with E-state index in [0.29, 0.717) is 0 Å². The highest BCUT2D eigenvalue weighted by molar-refractivity contribution is 5.51. The van der Waals surface area contributed by atoms with Crippen LogP contribution in [0.15, 0.2) is 144 Å². The molecular weight excluding hydrogens is 436 g/mol. The summed E-state index contributed by atoms with van der Waals surface area (Å²) in [5, 5.41) is 0. The molecule has 0 radical (unpaired) electrons. The number of rotatable bonds is 7. The summed E-state index contributed by atoms with van der Waals surface area (Å²) in [5.74, 6) is -0.0797. The quantitative estimate of drug-likeness (QED) is 0.262. The summed E-state index contributed by atoms with van der Waals surface area (Å²) < 4.78 is 7.65. The Kier molecular flexibility index (Phi) is 6.51. The third-order valence-corrected chi connectivity index (χ3v) is 7.84. The van der Waals surface area contributed by atoms with Gasteiger partial charge in [-0.05, 0) is 72.7 Å². The molecule has 1 heteroatoms. The minimum atomic E-state index is -0.789. The zero-order valence-electron chi connectivity index (χ0n) is 21.6. The fraction of sp³-hybridized carbons (Fsp3) is 0.200. The first-order valence-corrected chi connectivity index (χ1v) is 12.7. The second-order valence-corrected chi connectivity index (χ2v) is 10.0. The fourth-order valence-corrected chi connectivity index (χ4v) is 5.74. The van der Waals surface area contributed by atoms with Crippen LogP contribution in [0.2, 0.25) is 0 Å². The Morgan fingerprint density at radius 3 is 1.33 bits per heavy atom. The summed E-state index contributed by atoms with van der Waals surface area (Å²) in [4.78, 5) is 0. The SMILES string of the molecule is CC1=CC(C)(OC(c2ccccc2)(c2ccccc2)C(c2ccccc2)c2ccccc2)C(C)=C1C. The average molecular weight is 471 g/mol. The van der Waals surface area contributed by atoms with Crippen molar-refractivity contribution in [3.8, 4) is 0 Å². The lowest BCUT2D eigenvalue weighted by Crippen LogP contribution is -2.45. The highest BCUT2D eigenvalue weighted by Crippen LogP contribution is 2.53. The Hall–Kier alpha value is -3.68. The summed E-state index contributed by atoms with van der Waals surface area (Å²) in [5.41, 5.74) is 7.22. The van der Waals surface area contributed by atoms with E-state index in [1.165, 1.54) is 27.8 Å². The van der Waals surface area contributed by atoms with E-state index in [1.54, 1.807) is 0 Å². The summed E-state index contributed by atoms with van der Waals surface area (Å²) >= 11 is 0. The summed E-state index contributed by atoms with van der Waals surface area (Å²) in [6, 6.07) is 43.1. The Morgan fingerprint density at radius 2 is 0.972 bits per heavy atom. The second kappa shape index (κ2) is 9.76. The first kappa shape index (κ1) is 24.0. The molecule has 4 aromatic rings. The first-order valence-electron chi connectivity index (χ1n) is 12.7. The van der Waals surface area contributed by atoms with Crippen molar-refractivity contribution < 1.29 is 4.74 Å². The molecule has 1 unspecified atom stereocenters. The molecule has 4 aromatic carbocycles. The lowest BCUT2D eigenvalue weighted by atomic mass is 9.69. The van der Waals surface area contributed by atoms with Gasteiger partial charge in [-0.2, -0.15) is 0 Å². The van der Waals surface area contributed by atoms with Crippen LogP contribution in [0, 0.1) is 0 Å². The third-order valence-electron chi connectivity index (χ3n) is 7.84. The maximum absolute atomic E-state index is 7.65. The number of allylic oxidation sites excluding steroid dienone is 2. The van der Waals surface area contributed by atoms with E-state index in [9.17, 15) is 0 Å². The van der Waals surface area contributed by atoms with Crippen molar-refractivity contribution in [2.24, 2.45) is 0 Å². The molecule has 0 amide bonds. The molecule has 5 rings (SSSR count). The molecule has 0 heterocycles. The smallest absolute Gasteiger partial charge is 0.131 e. The van der Waals surface area contributed by atoms with E-state index in [2.05, 4.69) is 155 Å². The van der Waals surface area contributed by atoms with Gasteiger partial charge in [-0.15, -0.1) is 0 Å². The molecule has 0 saturated heterocycles. The van der Waals surface area contributed by atoms with Crippen molar-refractivity contribution in [3.63, 3.8) is 0 Å². The molecule has 1 nitrogen and oxygen atoms in total.